The molecule has 2 aromatic rings. The van der Waals surface area contributed by atoms with Gasteiger partial charge < -0.3 is 5.32 Å². The first-order valence-electron chi connectivity index (χ1n) is 6.47. The molecule has 0 radical (unpaired) electrons. The number of hydrogen-bond acceptors (Lipinski definition) is 4. The molecule has 1 heterocycles. The van der Waals surface area contributed by atoms with Crippen LogP contribution in [0.3, 0.4) is 0 Å². The largest absolute Gasteiger partial charge is 0.307 e. The lowest BCUT2D eigenvalue weighted by atomic mass is 10.2. The molecule has 21 heavy (non-hydrogen) atoms. The summed E-state index contributed by atoms with van der Waals surface area (Å²) in [6.07, 6.45) is 1.58. The van der Waals surface area contributed by atoms with Gasteiger partial charge in [0.25, 0.3) is 5.91 Å². The lowest BCUT2D eigenvalue weighted by molar-refractivity contribution is 0.102. The van der Waals surface area contributed by atoms with Crippen LogP contribution in [-0.2, 0) is 9.84 Å². The third kappa shape index (κ3) is 3.46. The van der Waals surface area contributed by atoms with Gasteiger partial charge in [0, 0.05) is 11.8 Å². The molecule has 1 aromatic heterocycles. The number of pyridine rings is 1. The van der Waals surface area contributed by atoms with Crippen molar-refractivity contribution in [3.05, 3.63) is 54.2 Å². The maximum Gasteiger partial charge on any atom is 0.256 e. The number of rotatable bonds is 4. The number of sulfone groups is 1. The molecule has 0 aliphatic rings. The summed E-state index contributed by atoms with van der Waals surface area (Å²) in [5.41, 5.74) is 0.378. The molecule has 2 rings (SSSR count). The van der Waals surface area contributed by atoms with Gasteiger partial charge in [0.2, 0.25) is 0 Å². The van der Waals surface area contributed by atoms with Gasteiger partial charge in [-0.15, -0.1) is 0 Å². The molecule has 0 saturated heterocycles. The van der Waals surface area contributed by atoms with Crippen molar-refractivity contribution in [3.8, 4) is 0 Å². The molecule has 0 unspecified atom stereocenters. The molecular weight excluding hydrogens is 288 g/mol. The number of nitrogens with one attached hydrogen (secondary N) is 1. The maximum absolute atomic E-state index is 12.0. The molecule has 0 atom stereocenters. The number of amides is 1. The second-order valence-corrected chi connectivity index (χ2v) is 7.29. The molecule has 0 fully saturated rings. The molecule has 0 aliphatic heterocycles. The fraction of sp³-hybridized carbons (Fsp3) is 0.200. The third-order valence-corrected chi connectivity index (χ3v) is 5.14. The highest BCUT2D eigenvalue weighted by Crippen LogP contribution is 2.17. The van der Waals surface area contributed by atoms with Crippen molar-refractivity contribution < 1.29 is 13.2 Å². The number of anilines is 1. The van der Waals surface area contributed by atoms with Crippen molar-refractivity contribution >= 4 is 21.6 Å². The molecule has 6 heteroatoms. The summed E-state index contributed by atoms with van der Waals surface area (Å²) < 4.78 is 24.0. The first kappa shape index (κ1) is 15.2. The van der Waals surface area contributed by atoms with Gasteiger partial charge in [0.1, 0.15) is 5.82 Å². The van der Waals surface area contributed by atoms with Gasteiger partial charge in [0.05, 0.1) is 10.1 Å². The summed E-state index contributed by atoms with van der Waals surface area (Å²) in [4.78, 5) is 16.2. The van der Waals surface area contributed by atoms with Crippen LogP contribution in [0.5, 0.6) is 0 Å². The third-order valence-electron chi connectivity index (χ3n) is 2.97. The Labute approximate surface area is 124 Å². The zero-order chi connectivity index (χ0) is 15.5. The van der Waals surface area contributed by atoms with E-state index >= 15 is 0 Å². The average molecular weight is 304 g/mol. The Morgan fingerprint density at radius 3 is 2.29 bits per heavy atom. The van der Waals surface area contributed by atoms with Crippen molar-refractivity contribution in [2.45, 2.75) is 24.0 Å². The zero-order valence-electron chi connectivity index (χ0n) is 11.8. The van der Waals surface area contributed by atoms with Gasteiger partial charge in [-0.1, -0.05) is 6.07 Å². The van der Waals surface area contributed by atoms with E-state index in [1.54, 1.807) is 38.2 Å². The molecule has 0 saturated carbocycles. The average Bonchev–Trinajstić information content (AvgIpc) is 2.48. The van der Waals surface area contributed by atoms with Crippen molar-refractivity contribution in [1.29, 1.82) is 0 Å². The Morgan fingerprint density at radius 1 is 1.10 bits per heavy atom. The SMILES string of the molecule is CC(C)S(=O)(=O)c1ccc(C(=O)Nc2ccccn2)cc1. The number of aromatic nitrogens is 1. The summed E-state index contributed by atoms with van der Waals surface area (Å²) >= 11 is 0. The molecule has 0 aliphatic carbocycles. The Hall–Kier alpha value is -2.21. The van der Waals surface area contributed by atoms with Gasteiger partial charge in [-0.25, -0.2) is 13.4 Å². The van der Waals surface area contributed by atoms with Gasteiger partial charge in [0.15, 0.2) is 9.84 Å². The minimum absolute atomic E-state index is 0.215. The van der Waals surface area contributed by atoms with E-state index in [4.69, 9.17) is 0 Å². The van der Waals surface area contributed by atoms with Crippen LogP contribution in [0.1, 0.15) is 24.2 Å². The molecular formula is C15H16N2O3S. The Kier molecular flexibility index (Phi) is 4.37. The number of hydrogen-bond donors (Lipinski definition) is 1. The van der Waals surface area contributed by atoms with Crippen LogP contribution in [-0.4, -0.2) is 24.6 Å². The first-order valence-corrected chi connectivity index (χ1v) is 8.02. The number of carbonyl (C=O) groups excluding carboxylic acids is 1. The summed E-state index contributed by atoms with van der Waals surface area (Å²) in [6, 6.07) is 11.1. The van der Waals surface area contributed by atoms with Gasteiger partial charge >= 0.3 is 0 Å². The highest BCUT2D eigenvalue weighted by Gasteiger charge is 2.19. The molecule has 1 amide bonds. The number of benzene rings is 1. The summed E-state index contributed by atoms with van der Waals surface area (Å²) in [5.74, 6) is 0.114. The normalized spacial score (nSPS) is 11.4. The quantitative estimate of drug-likeness (QED) is 0.941. The van der Waals surface area contributed by atoms with Gasteiger partial charge in [-0.2, -0.15) is 0 Å². The molecule has 1 aromatic carbocycles. The van der Waals surface area contributed by atoms with Crippen LogP contribution in [0.15, 0.2) is 53.6 Å². The van der Waals surface area contributed by atoms with Crippen LogP contribution >= 0.6 is 0 Å². The van der Waals surface area contributed by atoms with E-state index in [0.717, 1.165) is 0 Å². The Balaban J connectivity index is 2.18. The predicted octanol–water partition coefficient (Wildman–Crippen LogP) is 2.52. The Morgan fingerprint density at radius 2 is 1.76 bits per heavy atom. The van der Waals surface area contributed by atoms with E-state index in [1.807, 2.05) is 0 Å². The van der Waals surface area contributed by atoms with Crippen molar-refractivity contribution in [1.82, 2.24) is 4.98 Å². The standard InChI is InChI=1S/C15H16N2O3S/c1-11(2)21(19,20)13-8-6-12(7-9-13)15(18)17-14-5-3-4-10-16-14/h3-11H,1-2H3,(H,16,17,18). The highest BCUT2D eigenvalue weighted by molar-refractivity contribution is 7.92. The monoisotopic (exact) mass is 304 g/mol. The molecule has 0 spiro atoms. The zero-order valence-corrected chi connectivity index (χ0v) is 12.6. The number of carbonyl (C=O) groups is 1. The second-order valence-electron chi connectivity index (χ2n) is 4.79. The van der Waals surface area contributed by atoms with E-state index < -0.39 is 15.1 Å². The lowest BCUT2D eigenvalue weighted by Gasteiger charge is -2.08. The topological polar surface area (TPSA) is 76.1 Å². The molecule has 1 N–H and O–H groups in total. The maximum atomic E-state index is 12.0. The van der Waals surface area contributed by atoms with E-state index in [0.29, 0.717) is 11.4 Å². The van der Waals surface area contributed by atoms with E-state index in [-0.39, 0.29) is 10.8 Å². The van der Waals surface area contributed by atoms with Crippen molar-refractivity contribution in [3.63, 3.8) is 0 Å². The summed E-state index contributed by atoms with van der Waals surface area (Å²) in [5, 5.41) is 2.14. The minimum Gasteiger partial charge on any atom is -0.307 e. The summed E-state index contributed by atoms with van der Waals surface area (Å²) in [6.45, 7) is 3.24. The van der Waals surface area contributed by atoms with Crippen molar-refractivity contribution in [2.75, 3.05) is 5.32 Å². The smallest absolute Gasteiger partial charge is 0.256 e. The molecule has 110 valence electrons. The van der Waals surface area contributed by atoms with Crippen LogP contribution in [0.25, 0.3) is 0 Å². The van der Waals surface area contributed by atoms with Gasteiger partial charge in [-0.05, 0) is 50.2 Å². The fourth-order valence-corrected chi connectivity index (χ4v) is 2.75. The van der Waals surface area contributed by atoms with Crippen molar-refractivity contribution in [2.24, 2.45) is 0 Å². The van der Waals surface area contributed by atoms with Crippen LogP contribution in [0.4, 0.5) is 5.82 Å². The van der Waals surface area contributed by atoms with Crippen LogP contribution in [0, 0.1) is 0 Å². The molecule has 0 bridgehead atoms. The Bertz CT molecular complexity index is 723. The second kappa shape index (κ2) is 6.05. The van der Waals surface area contributed by atoms with E-state index in [9.17, 15) is 13.2 Å². The summed E-state index contributed by atoms with van der Waals surface area (Å²) in [7, 11) is -3.32. The minimum atomic E-state index is -3.32. The van der Waals surface area contributed by atoms with E-state index in [1.165, 1.54) is 24.3 Å². The van der Waals surface area contributed by atoms with E-state index in [2.05, 4.69) is 10.3 Å². The van der Waals surface area contributed by atoms with Gasteiger partial charge in [-0.3, -0.25) is 4.79 Å². The lowest BCUT2D eigenvalue weighted by Crippen LogP contribution is -2.15. The first-order chi connectivity index (χ1) is 9.91. The van der Waals surface area contributed by atoms with Crippen LogP contribution < -0.4 is 5.32 Å². The van der Waals surface area contributed by atoms with Crippen LogP contribution in [0.2, 0.25) is 0 Å². The molecule has 5 nitrogen and oxygen atoms in total. The predicted molar refractivity (Wildman–Crippen MR) is 81.0 cm³/mol. The fourth-order valence-electron chi connectivity index (χ4n) is 1.69. The number of nitrogens with zero attached hydrogens (tertiary/aromatic N) is 1. The highest BCUT2D eigenvalue weighted by atomic mass is 32.2.